The van der Waals surface area contributed by atoms with Gasteiger partial charge in [-0.05, 0) is 89.9 Å². The fourth-order valence-corrected chi connectivity index (χ4v) is 8.47. The molecule has 2 saturated heterocycles. The van der Waals surface area contributed by atoms with Crippen LogP contribution in [0.5, 0.6) is 0 Å². The summed E-state index contributed by atoms with van der Waals surface area (Å²) >= 11 is 0. The van der Waals surface area contributed by atoms with Crippen molar-refractivity contribution in [1.29, 1.82) is 0 Å². The minimum absolute atomic E-state index is 0.124. The first-order chi connectivity index (χ1) is 36.0. The first-order valence-corrected chi connectivity index (χ1v) is 28.5. The number of carbonyl (C=O) groups excluding carboxylic acids is 2. The summed E-state index contributed by atoms with van der Waals surface area (Å²) in [5, 5.41) is 72.3. The van der Waals surface area contributed by atoms with Crippen molar-refractivity contribution in [2.45, 2.75) is 261 Å². The lowest BCUT2D eigenvalue weighted by atomic mass is 9.98. The van der Waals surface area contributed by atoms with Crippen molar-refractivity contribution in [3.63, 3.8) is 0 Å². The molecular formula is C59H100O15. The minimum atomic E-state index is -1.78. The van der Waals surface area contributed by atoms with Gasteiger partial charge >= 0.3 is 11.9 Å². The molecule has 0 aromatic carbocycles. The average molecular weight is 1050 g/mol. The monoisotopic (exact) mass is 1050 g/mol. The fourth-order valence-electron chi connectivity index (χ4n) is 8.47. The van der Waals surface area contributed by atoms with E-state index in [-0.39, 0.29) is 19.4 Å². The van der Waals surface area contributed by atoms with Crippen LogP contribution < -0.4 is 0 Å². The molecule has 7 N–H and O–H groups in total. The molecule has 2 aliphatic rings. The third-order valence-electron chi connectivity index (χ3n) is 13.2. The van der Waals surface area contributed by atoms with Crippen LogP contribution in [0.25, 0.3) is 0 Å². The summed E-state index contributed by atoms with van der Waals surface area (Å²) in [6.45, 7) is 2.51. The summed E-state index contributed by atoms with van der Waals surface area (Å²) in [6.07, 6.45) is 37.7. The van der Waals surface area contributed by atoms with Gasteiger partial charge in [-0.25, -0.2) is 0 Å². The fraction of sp³-hybridized carbons (Fsp3) is 0.763. The summed E-state index contributed by atoms with van der Waals surface area (Å²) in [7, 11) is 0. The third-order valence-corrected chi connectivity index (χ3v) is 13.2. The van der Waals surface area contributed by atoms with Crippen molar-refractivity contribution in [2.24, 2.45) is 0 Å². The Morgan fingerprint density at radius 2 is 0.811 bits per heavy atom. The molecule has 15 nitrogen and oxygen atoms in total. The summed E-state index contributed by atoms with van der Waals surface area (Å²) < 4.78 is 33.6. The van der Waals surface area contributed by atoms with Gasteiger partial charge in [0.2, 0.25) is 0 Å². The topological polar surface area (TPSA) is 231 Å². The standard InChI is InChI=1S/C59H100O15/c1-3-5-7-9-11-13-15-17-19-21-23-25-27-29-31-33-35-37-39-41-50(61)69-44-47(72-51(62)42-40-38-36-34-32-30-28-26-24-22-20-18-16-14-12-10-8-6-4-2)45-70-58-57(68)55(66)53(64)49(74-58)46-71-59-56(67)54(65)52(63)48(43-60)73-59/h11-14,17-20,24,26,30,32,47-49,52-60,63-68H,3-10,15-16,21-23,25,27-29,31,33-46H2,1-2H3/b13-11+,14-12+,19-17+,20-18+,26-24+,32-30+/t47-,48+,49+,52-,53-,54?,55?,56?,57?,58+,59+/m0/s1. The Hall–Kier alpha value is -3.06. The zero-order chi connectivity index (χ0) is 53.9. The van der Waals surface area contributed by atoms with E-state index in [0.29, 0.717) is 12.8 Å². The van der Waals surface area contributed by atoms with Gasteiger partial charge in [-0.1, -0.05) is 164 Å². The van der Waals surface area contributed by atoms with Crippen molar-refractivity contribution in [2.75, 3.05) is 26.4 Å². The lowest BCUT2D eigenvalue weighted by Gasteiger charge is -2.42. The summed E-state index contributed by atoms with van der Waals surface area (Å²) in [5.74, 6) is -0.968. The van der Waals surface area contributed by atoms with Crippen LogP contribution in [0.3, 0.4) is 0 Å². The van der Waals surface area contributed by atoms with Gasteiger partial charge < -0.3 is 64.2 Å². The molecule has 0 radical (unpaired) electrons. The highest BCUT2D eigenvalue weighted by Gasteiger charge is 2.47. The van der Waals surface area contributed by atoms with Gasteiger partial charge in [-0.3, -0.25) is 9.59 Å². The molecule has 74 heavy (non-hydrogen) atoms. The normalized spacial score (nSPS) is 25.2. The average Bonchev–Trinajstić information content (AvgIpc) is 3.39. The van der Waals surface area contributed by atoms with Crippen LogP contribution in [0.1, 0.15) is 194 Å². The minimum Gasteiger partial charge on any atom is -0.462 e. The van der Waals surface area contributed by atoms with Gasteiger partial charge in [0.15, 0.2) is 18.7 Å². The van der Waals surface area contributed by atoms with Crippen LogP contribution in [0.15, 0.2) is 72.9 Å². The lowest BCUT2D eigenvalue weighted by molar-refractivity contribution is -0.332. The molecule has 15 heteroatoms. The number of esters is 2. The largest absolute Gasteiger partial charge is 0.462 e. The molecule has 426 valence electrons. The zero-order valence-corrected chi connectivity index (χ0v) is 45.3. The second kappa shape index (κ2) is 45.0. The molecule has 2 rings (SSSR count). The highest BCUT2D eigenvalue weighted by atomic mass is 16.7. The predicted octanol–water partition coefficient (Wildman–Crippen LogP) is 9.38. The maximum atomic E-state index is 13.0. The van der Waals surface area contributed by atoms with Gasteiger partial charge in [-0.15, -0.1) is 0 Å². The number of unbranched alkanes of at least 4 members (excludes halogenated alkanes) is 18. The van der Waals surface area contributed by atoms with Crippen molar-refractivity contribution < 1.29 is 73.8 Å². The van der Waals surface area contributed by atoms with Crippen LogP contribution in [0.2, 0.25) is 0 Å². The smallest absolute Gasteiger partial charge is 0.306 e. The number of rotatable bonds is 44. The number of aliphatic hydroxyl groups excluding tert-OH is 7. The number of hydrogen-bond donors (Lipinski definition) is 7. The van der Waals surface area contributed by atoms with E-state index in [1.807, 2.05) is 0 Å². The first-order valence-electron chi connectivity index (χ1n) is 28.5. The van der Waals surface area contributed by atoms with E-state index >= 15 is 0 Å². The molecule has 4 unspecified atom stereocenters. The van der Waals surface area contributed by atoms with Crippen LogP contribution in [-0.2, 0) is 38.0 Å². The van der Waals surface area contributed by atoms with Crippen molar-refractivity contribution in [3.8, 4) is 0 Å². The molecule has 2 fully saturated rings. The quantitative estimate of drug-likeness (QED) is 0.0171. The van der Waals surface area contributed by atoms with E-state index in [1.54, 1.807) is 0 Å². The predicted molar refractivity (Wildman–Crippen MR) is 289 cm³/mol. The van der Waals surface area contributed by atoms with Crippen LogP contribution >= 0.6 is 0 Å². The summed E-state index contributed by atoms with van der Waals surface area (Å²) in [4.78, 5) is 25.9. The Balaban J connectivity index is 1.79. The van der Waals surface area contributed by atoms with Crippen molar-refractivity contribution in [1.82, 2.24) is 0 Å². The Bertz CT molecular complexity index is 1560. The number of allylic oxidation sites excluding steroid dienone is 12. The van der Waals surface area contributed by atoms with E-state index in [2.05, 4.69) is 86.8 Å². The molecule has 0 amide bonds. The molecular weight excluding hydrogens is 949 g/mol. The number of aliphatic hydroxyl groups is 7. The second-order valence-electron chi connectivity index (χ2n) is 19.8. The Kier molecular flexibility index (Phi) is 40.8. The van der Waals surface area contributed by atoms with Crippen molar-refractivity contribution >= 4 is 11.9 Å². The number of ether oxygens (including phenoxy) is 6. The van der Waals surface area contributed by atoms with E-state index in [9.17, 15) is 45.3 Å². The highest BCUT2D eigenvalue weighted by Crippen LogP contribution is 2.26. The molecule has 0 bridgehead atoms. The second-order valence-corrected chi connectivity index (χ2v) is 19.8. The van der Waals surface area contributed by atoms with Gasteiger partial charge in [0.05, 0.1) is 19.8 Å². The molecule has 0 aromatic heterocycles. The van der Waals surface area contributed by atoms with Crippen molar-refractivity contribution in [3.05, 3.63) is 72.9 Å². The first kappa shape index (κ1) is 67.1. The van der Waals surface area contributed by atoms with E-state index in [0.717, 1.165) is 77.0 Å². The Morgan fingerprint density at radius 3 is 1.28 bits per heavy atom. The van der Waals surface area contributed by atoms with E-state index in [1.165, 1.54) is 77.0 Å². The molecule has 0 saturated carbocycles. The highest BCUT2D eigenvalue weighted by molar-refractivity contribution is 5.70. The van der Waals surface area contributed by atoms with E-state index in [4.69, 9.17) is 28.4 Å². The lowest BCUT2D eigenvalue weighted by Crippen LogP contribution is -2.61. The van der Waals surface area contributed by atoms with Gasteiger partial charge in [0.25, 0.3) is 0 Å². The third kappa shape index (κ3) is 31.9. The van der Waals surface area contributed by atoms with Gasteiger partial charge in [-0.2, -0.15) is 0 Å². The molecule has 0 aliphatic carbocycles. The van der Waals surface area contributed by atoms with Crippen LogP contribution in [0, 0.1) is 0 Å². The molecule has 0 aromatic rings. The Labute approximate surface area is 444 Å². The maximum Gasteiger partial charge on any atom is 0.306 e. The zero-order valence-electron chi connectivity index (χ0n) is 45.3. The summed E-state index contributed by atoms with van der Waals surface area (Å²) in [6, 6.07) is 0. The summed E-state index contributed by atoms with van der Waals surface area (Å²) in [5.41, 5.74) is 0. The molecule has 2 aliphatic heterocycles. The van der Waals surface area contributed by atoms with E-state index < -0.39 is 99.3 Å². The van der Waals surface area contributed by atoms with Crippen LogP contribution in [-0.4, -0.2) is 142 Å². The molecule has 2 heterocycles. The van der Waals surface area contributed by atoms with Gasteiger partial charge in [0.1, 0.15) is 55.4 Å². The number of hydrogen-bond acceptors (Lipinski definition) is 15. The molecule has 0 spiro atoms. The van der Waals surface area contributed by atoms with Crippen LogP contribution in [0.4, 0.5) is 0 Å². The maximum absolute atomic E-state index is 13.0. The SMILES string of the molecule is CCCCC/C=C/C/C=C/C/C=C/C/C=C/CCCCCC(=O)O[C@@H](COC(=O)CCCCCCCCCCC/C=C/C/C=C/CCCCC)CO[C@@H]1O[C@H](CO[C@@H]2O[C@H](CO)[C@H](O)C(O)C2O)[C@H](O)C(O)C1O. The Morgan fingerprint density at radius 1 is 0.432 bits per heavy atom. The molecule has 11 atom stereocenters. The number of carbonyl (C=O) groups is 2. The van der Waals surface area contributed by atoms with Gasteiger partial charge in [0, 0.05) is 12.8 Å².